The number of urea groups is 1. The number of nitrogens with one attached hydrogen (secondary N) is 1. The van der Waals surface area contributed by atoms with E-state index in [4.69, 9.17) is 0 Å². The third kappa shape index (κ3) is 4.04. The van der Waals surface area contributed by atoms with Gasteiger partial charge in [-0.2, -0.15) is 0 Å². The second kappa shape index (κ2) is 7.86. The van der Waals surface area contributed by atoms with Gasteiger partial charge in [0, 0.05) is 36.3 Å². The first kappa shape index (κ1) is 18.4. The molecule has 0 spiro atoms. The lowest BCUT2D eigenvalue weighted by molar-refractivity contribution is -0.139. The minimum absolute atomic E-state index is 0.0129. The Labute approximate surface area is 157 Å². The van der Waals surface area contributed by atoms with Crippen molar-refractivity contribution in [2.24, 2.45) is 5.92 Å². The van der Waals surface area contributed by atoms with Crippen LogP contribution >= 0.6 is 11.3 Å². The van der Waals surface area contributed by atoms with E-state index in [0.717, 1.165) is 17.8 Å². The van der Waals surface area contributed by atoms with Crippen molar-refractivity contribution in [3.63, 3.8) is 0 Å². The van der Waals surface area contributed by atoms with Gasteiger partial charge in [0.2, 0.25) is 5.91 Å². The summed E-state index contributed by atoms with van der Waals surface area (Å²) in [6.45, 7) is 7.83. The van der Waals surface area contributed by atoms with Gasteiger partial charge in [-0.1, -0.05) is 26.0 Å². The van der Waals surface area contributed by atoms with E-state index in [9.17, 15) is 9.59 Å². The number of benzene rings is 1. The Morgan fingerprint density at radius 2 is 2.04 bits per heavy atom. The number of piperazine rings is 1. The van der Waals surface area contributed by atoms with Gasteiger partial charge >= 0.3 is 6.03 Å². The van der Waals surface area contributed by atoms with E-state index in [1.54, 1.807) is 28.7 Å². The predicted octanol–water partition coefficient (Wildman–Crippen LogP) is 3.53. The highest BCUT2D eigenvalue weighted by Gasteiger charge is 2.34. The number of carbonyl (C=O) groups is 2. The summed E-state index contributed by atoms with van der Waals surface area (Å²) >= 11 is 1.55. The van der Waals surface area contributed by atoms with Gasteiger partial charge in [-0.25, -0.2) is 9.78 Å². The predicted molar refractivity (Wildman–Crippen MR) is 104 cm³/mol. The summed E-state index contributed by atoms with van der Waals surface area (Å²) in [5.74, 6) is 0.432. The standard InChI is InChI=1S/C19H24N4O2S/c1-13(2)10-22-8-9-23(14(3)18(22)24)19(25)21-16-6-4-15(5-7-16)17-11-26-12-20-17/h4-7,11-14H,8-10H2,1-3H3,(H,21,25)/t14-/m0/s1. The summed E-state index contributed by atoms with van der Waals surface area (Å²) in [4.78, 5) is 32.8. The van der Waals surface area contributed by atoms with Crippen molar-refractivity contribution in [3.05, 3.63) is 35.2 Å². The van der Waals surface area contributed by atoms with E-state index in [1.807, 2.05) is 34.5 Å². The molecule has 2 aromatic rings. The number of thiazole rings is 1. The fraction of sp³-hybridized carbons (Fsp3) is 0.421. The van der Waals surface area contributed by atoms with Crippen LogP contribution in [0, 0.1) is 5.92 Å². The van der Waals surface area contributed by atoms with Gasteiger partial charge in [-0.15, -0.1) is 11.3 Å². The van der Waals surface area contributed by atoms with Crippen molar-refractivity contribution in [2.45, 2.75) is 26.8 Å². The molecule has 0 radical (unpaired) electrons. The zero-order chi connectivity index (χ0) is 18.7. The van der Waals surface area contributed by atoms with Crippen molar-refractivity contribution in [2.75, 3.05) is 25.0 Å². The molecule has 7 heteroatoms. The van der Waals surface area contributed by atoms with Gasteiger partial charge in [0.15, 0.2) is 0 Å². The maximum absolute atomic E-state index is 12.6. The number of hydrogen-bond donors (Lipinski definition) is 1. The van der Waals surface area contributed by atoms with Crippen molar-refractivity contribution < 1.29 is 9.59 Å². The Bertz CT molecular complexity index is 758. The average molecular weight is 372 g/mol. The van der Waals surface area contributed by atoms with E-state index in [-0.39, 0.29) is 11.9 Å². The topological polar surface area (TPSA) is 65.5 Å². The molecular weight excluding hydrogens is 348 g/mol. The number of nitrogens with zero attached hydrogens (tertiary/aromatic N) is 3. The van der Waals surface area contributed by atoms with Crippen LogP contribution in [-0.2, 0) is 4.79 Å². The summed E-state index contributed by atoms with van der Waals surface area (Å²) in [5.41, 5.74) is 4.43. The molecule has 0 aliphatic carbocycles. The number of hydrogen-bond acceptors (Lipinski definition) is 4. The van der Waals surface area contributed by atoms with E-state index >= 15 is 0 Å². The SMILES string of the molecule is CC(C)CN1CCN(C(=O)Nc2ccc(-c3cscn3)cc2)[C@@H](C)C1=O. The maximum Gasteiger partial charge on any atom is 0.322 e. The van der Waals surface area contributed by atoms with Crippen LogP contribution in [0.25, 0.3) is 11.3 Å². The van der Waals surface area contributed by atoms with E-state index < -0.39 is 6.04 Å². The minimum Gasteiger partial charge on any atom is -0.339 e. The first-order valence-electron chi connectivity index (χ1n) is 8.80. The van der Waals surface area contributed by atoms with Crippen molar-refractivity contribution in [1.29, 1.82) is 0 Å². The zero-order valence-corrected chi connectivity index (χ0v) is 16.1. The molecular formula is C19H24N4O2S. The molecule has 1 aliphatic heterocycles. The fourth-order valence-electron chi connectivity index (χ4n) is 3.10. The number of anilines is 1. The van der Waals surface area contributed by atoms with Gasteiger partial charge in [-0.05, 0) is 25.0 Å². The highest BCUT2D eigenvalue weighted by Crippen LogP contribution is 2.22. The Kier molecular flexibility index (Phi) is 5.56. The van der Waals surface area contributed by atoms with Crippen LogP contribution in [0.3, 0.4) is 0 Å². The molecule has 2 heterocycles. The molecule has 3 amide bonds. The molecule has 6 nitrogen and oxygen atoms in total. The van der Waals surface area contributed by atoms with Gasteiger partial charge < -0.3 is 15.1 Å². The van der Waals surface area contributed by atoms with Gasteiger partial charge in [0.25, 0.3) is 0 Å². The molecule has 0 unspecified atom stereocenters. The highest BCUT2D eigenvalue weighted by atomic mass is 32.1. The Morgan fingerprint density at radius 3 is 2.65 bits per heavy atom. The van der Waals surface area contributed by atoms with Crippen molar-refractivity contribution in [3.8, 4) is 11.3 Å². The van der Waals surface area contributed by atoms with Crippen LogP contribution in [0.5, 0.6) is 0 Å². The molecule has 1 aliphatic rings. The lowest BCUT2D eigenvalue weighted by Crippen LogP contribution is -2.58. The summed E-state index contributed by atoms with van der Waals surface area (Å²) in [6.07, 6.45) is 0. The third-order valence-electron chi connectivity index (χ3n) is 4.46. The zero-order valence-electron chi connectivity index (χ0n) is 15.3. The lowest BCUT2D eigenvalue weighted by Gasteiger charge is -2.39. The van der Waals surface area contributed by atoms with Crippen LogP contribution in [-0.4, -0.2) is 52.4 Å². The highest BCUT2D eigenvalue weighted by molar-refractivity contribution is 7.07. The lowest BCUT2D eigenvalue weighted by atomic mass is 10.1. The molecule has 0 bridgehead atoms. The summed E-state index contributed by atoms with van der Waals surface area (Å²) in [5, 5.41) is 4.87. The molecule has 1 aromatic carbocycles. The normalized spacial score (nSPS) is 17.7. The monoisotopic (exact) mass is 372 g/mol. The van der Waals surface area contributed by atoms with Crippen molar-refractivity contribution >= 4 is 29.0 Å². The first-order chi connectivity index (χ1) is 12.5. The van der Waals surface area contributed by atoms with E-state index in [1.165, 1.54) is 0 Å². The number of carbonyl (C=O) groups excluding carboxylic acids is 2. The molecule has 26 heavy (non-hydrogen) atoms. The Balaban J connectivity index is 1.62. The van der Waals surface area contributed by atoms with E-state index in [2.05, 4.69) is 24.1 Å². The van der Waals surface area contributed by atoms with Gasteiger partial charge in [0.05, 0.1) is 11.2 Å². The Hall–Kier alpha value is -2.41. The number of aromatic nitrogens is 1. The summed E-state index contributed by atoms with van der Waals surface area (Å²) in [7, 11) is 0. The summed E-state index contributed by atoms with van der Waals surface area (Å²) < 4.78 is 0. The van der Waals surface area contributed by atoms with Crippen molar-refractivity contribution in [1.82, 2.24) is 14.8 Å². The second-order valence-electron chi connectivity index (χ2n) is 6.93. The smallest absolute Gasteiger partial charge is 0.322 e. The molecule has 1 fully saturated rings. The molecule has 3 rings (SSSR count). The van der Waals surface area contributed by atoms with Gasteiger partial charge in [-0.3, -0.25) is 4.79 Å². The third-order valence-corrected chi connectivity index (χ3v) is 5.04. The van der Waals surface area contributed by atoms with Crippen LogP contribution < -0.4 is 5.32 Å². The number of rotatable bonds is 4. The largest absolute Gasteiger partial charge is 0.339 e. The van der Waals surface area contributed by atoms with Crippen LogP contribution in [0.15, 0.2) is 35.2 Å². The molecule has 1 saturated heterocycles. The van der Waals surface area contributed by atoms with Crippen LogP contribution in [0.4, 0.5) is 10.5 Å². The quantitative estimate of drug-likeness (QED) is 0.893. The maximum atomic E-state index is 12.6. The molecule has 1 aromatic heterocycles. The minimum atomic E-state index is -0.447. The summed E-state index contributed by atoms with van der Waals surface area (Å²) in [6, 6.07) is 6.88. The van der Waals surface area contributed by atoms with Gasteiger partial charge in [0.1, 0.15) is 6.04 Å². The molecule has 1 atom stereocenters. The number of amides is 3. The fourth-order valence-corrected chi connectivity index (χ4v) is 3.67. The van der Waals surface area contributed by atoms with Crippen LogP contribution in [0.2, 0.25) is 0 Å². The first-order valence-corrected chi connectivity index (χ1v) is 9.75. The second-order valence-corrected chi connectivity index (χ2v) is 7.65. The molecule has 0 saturated carbocycles. The Morgan fingerprint density at radius 1 is 1.31 bits per heavy atom. The average Bonchev–Trinajstić information content (AvgIpc) is 3.14. The van der Waals surface area contributed by atoms with E-state index in [0.29, 0.717) is 24.7 Å². The molecule has 1 N–H and O–H groups in total. The van der Waals surface area contributed by atoms with Crippen LogP contribution in [0.1, 0.15) is 20.8 Å². The molecule has 138 valence electrons.